The number of likely N-dealkylation sites (tertiary alicyclic amines) is 1. The number of anilines is 1. The van der Waals surface area contributed by atoms with Crippen LogP contribution in [-0.2, 0) is 14.3 Å². The van der Waals surface area contributed by atoms with Gasteiger partial charge in [-0.3, -0.25) is 14.5 Å². The average molecular weight is 434 g/mol. The monoisotopic (exact) mass is 432 g/mol. The summed E-state index contributed by atoms with van der Waals surface area (Å²) in [6, 6.07) is 3.56. The second-order valence-electron chi connectivity index (χ2n) is 5.30. The Morgan fingerprint density at radius 3 is 2.59 bits per heavy atom. The van der Waals surface area contributed by atoms with Crippen LogP contribution in [0.5, 0.6) is 0 Å². The Balaban J connectivity index is 2.03. The third kappa shape index (κ3) is 4.08. The number of hydrogen-bond acceptors (Lipinski definition) is 4. The number of aryl methyl sites for hydroxylation is 1. The van der Waals surface area contributed by atoms with Gasteiger partial charge >= 0.3 is 5.97 Å². The minimum absolute atomic E-state index is 0.152. The van der Waals surface area contributed by atoms with Crippen molar-refractivity contribution in [1.29, 1.82) is 0 Å². The summed E-state index contributed by atoms with van der Waals surface area (Å²) in [7, 11) is 1.37. The molecule has 120 valence electrons. The van der Waals surface area contributed by atoms with Gasteiger partial charge in [-0.15, -0.1) is 0 Å². The van der Waals surface area contributed by atoms with Gasteiger partial charge < -0.3 is 10.1 Å². The number of halogens is 2. The van der Waals surface area contributed by atoms with Crippen molar-refractivity contribution in [3.05, 3.63) is 26.6 Å². The second kappa shape index (κ2) is 7.57. The van der Waals surface area contributed by atoms with Crippen molar-refractivity contribution in [2.24, 2.45) is 0 Å². The van der Waals surface area contributed by atoms with Crippen molar-refractivity contribution < 1.29 is 14.3 Å². The maximum atomic E-state index is 12.3. The Morgan fingerprint density at radius 1 is 1.36 bits per heavy atom. The Morgan fingerprint density at radius 2 is 2.00 bits per heavy atom. The van der Waals surface area contributed by atoms with E-state index in [0.717, 1.165) is 33.9 Å². The van der Waals surface area contributed by atoms with Gasteiger partial charge in [0, 0.05) is 8.95 Å². The number of amides is 1. The van der Waals surface area contributed by atoms with E-state index >= 15 is 0 Å². The maximum Gasteiger partial charge on any atom is 0.323 e. The highest BCUT2D eigenvalue weighted by Crippen LogP contribution is 2.32. The van der Waals surface area contributed by atoms with E-state index in [-0.39, 0.29) is 24.5 Å². The molecule has 0 radical (unpaired) electrons. The lowest BCUT2D eigenvalue weighted by Crippen LogP contribution is -2.41. The smallest absolute Gasteiger partial charge is 0.323 e. The quantitative estimate of drug-likeness (QED) is 0.741. The molecule has 5 nitrogen and oxygen atoms in total. The Kier molecular flexibility index (Phi) is 6.00. The number of methoxy groups -OCH3 is 1. The van der Waals surface area contributed by atoms with Crippen LogP contribution in [0.1, 0.15) is 18.4 Å². The fourth-order valence-electron chi connectivity index (χ4n) is 2.60. The van der Waals surface area contributed by atoms with Gasteiger partial charge in [-0.2, -0.15) is 0 Å². The van der Waals surface area contributed by atoms with Gasteiger partial charge in [-0.25, -0.2) is 0 Å². The van der Waals surface area contributed by atoms with Crippen LogP contribution >= 0.6 is 31.9 Å². The highest BCUT2D eigenvalue weighted by atomic mass is 79.9. The molecule has 1 amide bonds. The van der Waals surface area contributed by atoms with Gasteiger partial charge in [0.2, 0.25) is 5.91 Å². The number of rotatable bonds is 4. The molecule has 2 rings (SSSR count). The topological polar surface area (TPSA) is 58.6 Å². The van der Waals surface area contributed by atoms with Gasteiger partial charge in [-0.1, -0.05) is 0 Å². The number of ether oxygens (including phenoxy) is 1. The molecule has 1 fully saturated rings. The van der Waals surface area contributed by atoms with E-state index in [9.17, 15) is 9.59 Å². The van der Waals surface area contributed by atoms with Crippen LogP contribution in [0, 0.1) is 6.92 Å². The summed E-state index contributed by atoms with van der Waals surface area (Å²) in [4.78, 5) is 25.8. The van der Waals surface area contributed by atoms with Gasteiger partial charge in [0.1, 0.15) is 6.04 Å². The molecule has 0 spiro atoms. The lowest BCUT2D eigenvalue weighted by molar-refractivity contribution is -0.146. The number of carbonyl (C=O) groups is 2. The molecule has 1 N–H and O–H groups in total. The highest BCUT2D eigenvalue weighted by Gasteiger charge is 2.32. The third-order valence-electron chi connectivity index (χ3n) is 3.63. The summed E-state index contributed by atoms with van der Waals surface area (Å²) >= 11 is 6.91. The predicted octanol–water partition coefficient (Wildman–Crippen LogP) is 3.10. The summed E-state index contributed by atoms with van der Waals surface area (Å²) in [5.41, 5.74) is 1.78. The number of nitrogens with zero attached hydrogens (tertiary/aromatic N) is 1. The zero-order chi connectivity index (χ0) is 16.3. The van der Waals surface area contributed by atoms with Crippen LogP contribution in [0.3, 0.4) is 0 Å². The number of nitrogens with one attached hydrogen (secondary N) is 1. The fourth-order valence-corrected chi connectivity index (χ4v) is 4.21. The molecule has 1 atom stereocenters. The van der Waals surface area contributed by atoms with E-state index in [4.69, 9.17) is 4.74 Å². The van der Waals surface area contributed by atoms with Crippen molar-refractivity contribution >= 4 is 49.4 Å². The number of benzene rings is 1. The molecule has 1 unspecified atom stereocenters. The minimum Gasteiger partial charge on any atom is -0.468 e. The first kappa shape index (κ1) is 17.4. The summed E-state index contributed by atoms with van der Waals surface area (Å²) in [6.07, 6.45) is 1.63. The normalized spacial score (nSPS) is 18.3. The second-order valence-corrected chi connectivity index (χ2v) is 7.01. The van der Waals surface area contributed by atoms with E-state index in [1.54, 1.807) is 0 Å². The molecule has 1 aromatic carbocycles. The van der Waals surface area contributed by atoms with E-state index in [0.29, 0.717) is 5.69 Å². The first-order valence-corrected chi connectivity index (χ1v) is 8.58. The molecule has 0 bridgehead atoms. The van der Waals surface area contributed by atoms with Crippen LogP contribution in [0.4, 0.5) is 5.69 Å². The first-order valence-electron chi connectivity index (χ1n) is 6.99. The zero-order valence-corrected chi connectivity index (χ0v) is 15.7. The molecule has 0 aromatic heterocycles. The number of hydrogen-bond donors (Lipinski definition) is 1. The Hall–Kier alpha value is -0.920. The molecule has 7 heteroatoms. The first-order chi connectivity index (χ1) is 10.4. The highest BCUT2D eigenvalue weighted by molar-refractivity contribution is 9.11. The van der Waals surface area contributed by atoms with Crippen molar-refractivity contribution in [3.63, 3.8) is 0 Å². The minimum atomic E-state index is -0.319. The summed E-state index contributed by atoms with van der Waals surface area (Å²) in [6.45, 7) is 2.88. The van der Waals surface area contributed by atoms with E-state index < -0.39 is 0 Å². The molecule has 22 heavy (non-hydrogen) atoms. The van der Waals surface area contributed by atoms with Crippen LogP contribution in [0.25, 0.3) is 0 Å². The van der Waals surface area contributed by atoms with Crippen LogP contribution in [0.2, 0.25) is 0 Å². The zero-order valence-electron chi connectivity index (χ0n) is 12.5. The van der Waals surface area contributed by atoms with Gasteiger partial charge in [-0.05, 0) is 75.9 Å². The SMILES string of the molecule is COC(=O)C1CCCN1CC(=O)Nc1c(Br)cc(C)cc1Br. The van der Waals surface area contributed by atoms with E-state index in [1.165, 1.54) is 7.11 Å². The summed E-state index contributed by atoms with van der Waals surface area (Å²) < 4.78 is 6.42. The molecule has 1 saturated heterocycles. The number of carbonyl (C=O) groups excluding carboxylic acids is 2. The van der Waals surface area contributed by atoms with E-state index in [1.807, 2.05) is 24.0 Å². The molecule has 1 aromatic rings. The largest absolute Gasteiger partial charge is 0.468 e. The maximum absolute atomic E-state index is 12.3. The standard InChI is InChI=1S/C15H18Br2N2O3/c1-9-6-10(16)14(11(17)7-9)18-13(20)8-19-5-3-4-12(19)15(21)22-2/h6-7,12H,3-5,8H2,1-2H3,(H,18,20). The lowest BCUT2D eigenvalue weighted by Gasteiger charge is -2.22. The molecular formula is C15H18Br2N2O3. The average Bonchev–Trinajstić information content (AvgIpc) is 2.90. The predicted molar refractivity (Wildman–Crippen MR) is 91.8 cm³/mol. The van der Waals surface area contributed by atoms with Crippen LogP contribution in [-0.4, -0.2) is 43.0 Å². The van der Waals surface area contributed by atoms with Gasteiger partial charge in [0.05, 0.1) is 19.3 Å². The van der Waals surface area contributed by atoms with Crippen molar-refractivity contribution in [2.45, 2.75) is 25.8 Å². The summed E-state index contributed by atoms with van der Waals surface area (Å²) in [5.74, 6) is -0.427. The van der Waals surface area contributed by atoms with E-state index in [2.05, 4.69) is 37.2 Å². The third-order valence-corrected chi connectivity index (χ3v) is 4.89. The van der Waals surface area contributed by atoms with Crippen molar-refractivity contribution in [1.82, 2.24) is 4.90 Å². The molecule has 1 heterocycles. The molecule has 0 aliphatic carbocycles. The number of esters is 1. The van der Waals surface area contributed by atoms with Crippen LogP contribution in [0.15, 0.2) is 21.1 Å². The molecule has 1 aliphatic rings. The molecule has 1 aliphatic heterocycles. The lowest BCUT2D eigenvalue weighted by atomic mass is 10.2. The Labute approximate surface area is 146 Å². The van der Waals surface area contributed by atoms with Gasteiger partial charge in [0.15, 0.2) is 0 Å². The van der Waals surface area contributed by atoms with Crippen molar-refractivity contribution in [3.8, 4) is 0 Å². The molecule has 0 saturated carbocycles. The Bertz CT molecular complexity index is 569. The van der Waals surface area contributed by atoms with Crippen molar-refractivity contribution in [2.75, 3.05) is 25.5 Å². The summed E-state index contributed by atoms with van der Waals surface area (Å²) in [5, 5.41) is 2.88. The molecular weight excluding hydrogens is 416 g/mol. The van der Waals surface area contributed by atoms with Gasteiger partial charge in [0.25, 0.3) is 0 Å². The fraction of sp³-hybridized carbons (Fsp3) is 0.467. The van der Waals surface area contributed by atoms with Crippen LogP contribution < -0.4 is 5.32 Å².